The van der Waals surface area contributed by atoms with Crippen molar-refractivity contribution >= 4 is 23.5 Å². The van der Waals surface area contributed by atoms with E-state index in [2.05, 4.69) is 28.9 Å². The molecule has 0 radical (unpaired) electrons. The number of likely N-dealkylation sites (tertiary alicyclic amines) is 1. The lowest BCUT2D eigenvalue weighted by atomic mass is 9.97. The molecule has 0 aliphatic carbocycles. The van der Waals surface area contributed by atoms with Crippen LogP contribution in [0.2, 0.25) is 0 Å². The minimum absolute atomic E-state index is 0.176. The van der Waals surface area contributed by atoms with Crippen LogP contribution in [0.3, 0.4) is 0 Å². The molecule has 3 rings (SSSR count). The molecule has 1 aromatic carbocycles. The Bertz CT molecular complexity index is 856. The standard InChI is InChI=1S/C21H27FN4OS/c1-15(18-6-4-5-7-19(18)27)12-21(26-16(2)20(28-22)14-24-26)23-13-17-8-10-25(3)11-9-17/h4-7,12,14,17,23,27H,1,8-11,13H2,2-3H3/b21-12-. The molecule has 1 fully saturated rings. The highest BCUT2D eigenvalue weighted by atomic mass is 32.2. The normalized spacial score (nSPS) is 16.3. The van der Waals surface area contributed by atoms with E-state index in [4.69, 9.17) is 0 Å². The Morgan fingerprint density at radius 3 is 2.75 bits per heavy atom. The maximum absolute atomic E-state index is 13.1. The summed E-state index contributed by atoms with van der Waals surface area (Å²) < 4.78 is 14.8. The predicted molar refractivity (Wildman–Crippen MR) is 114 cm³/mol. The molecule has 1 aliphatic heterocycles. The van der Waals surface area contributed by atoms with Crippen LogP contribution < -0.4 is 5.32 Å². The summed E-state index contributed by atoms with van der Waals surface area (Å²) in [5.74, 6) is 1.48. The van der Waals surface area contributed by atoms with Gasteiger partial charge in [-0.1, -0.05) is 24.8 Å². The molecule has 0 atom stereocenters. The van der Waals surface area contributed by atoms with E-state index in [1.807, 2.05) is 25.1 Å². The van der Waals surface area contributed by atoms with Gasteiger partial charge in [-0.3, -0.25) is 0 Å². The molecule has 1 saturated heterocycles. The largest absolute Gasteiger partial charge is 0.507 e. The van der Waals surface area contributed by atoms with Gasteiger partial charge in [0.1, 0.15) is 11.6 Å². The fourth-order valence-corrected chi connectivity index (χ4v) is 3.69. The zero-order valence-electron chi connectivity index (χ0n) is 16.4. The summed E-state index contributed by atoms with van der Waals surface area (Å²) in [5, 5.41) is 18.0. The van der Waals surface area contributed by atoms with E-state index in [1.54, 1.807) is 16.8 Å². The Balaban J connectivity index is 1.84. The summed E-state index contributed by atoms with van der Waals surface area (Å²) >= 11 is 0.191. The second-order valence-electron chi connectivity index (χ2n) is 7.28. The Morgan fingerprint density at radius 2 is 2.11 bits per heavy atom. The molecule has 5 nitrogen and oxygen atoms in total. The van der Waals surface area contributed by atoms with Crippen molar-refractivity contribution in [1.82, 2.24) is 20.0 Å². The van der Waals surface area contributed by atoms with E-state index in [0.29, 0.717) is 21.9 Å². The third-order valence-electron chi connectivity index (χ3n) is 5.25. The summed E-state index contributed by atoms with van der Waals surface area (Å²) in [6.07, 6.45) is 5.66. The van der Waals surface area contributed by atoms with Crippen LogP contribution in [0.4, 0.5) is 3.89 Å². The van der Waals surface area contributed by atoms with Gasteiger partial charge in [-0.05, 0) is 63.5 Å². The molecular formula is C21H27FN4OS. The monoisotopic (exact) mass is 402 g/mol. The molecule has 2 heterocycles. The van der Waals surface area contributed by atoms with Crippen LogP contribution in [0.1, 0.15) is 24.1 Å². The van der Waals surface area contributed by atoms with Crippen LogP contribution in [0.25, 0.3) is 11.4 Å². The van der Waals surface area contributed by atoms with Gasteiger partial charge in [0, 0.05) is 12.1 Å². The van der Waals surface area contributed by atoms with Crippen molar-refractivity contribution in [3.8, 4) is 5.75 Å². The number of rotatable bonds is 7. The van der Waals surface area contributed by atoms with Gasteiger partial charge in [0.15, 0.2) is 0 Å². The fraction of sp³-hybridized carbons (Fsp3) is 0.381. The number of nitrogens with one attached hydrogen (secondary N) is 1. The maximum Gasteiger partial charge on any atom is 0.128 e. The molecule has 0 unspecified atom stereocenters. The Kier molecular flexibility index (Phi) is 6.80. The molecule has 1 aromatic heterocycles. The van der Waals surface area contributed by atoms with Crippen molar-refractivity contribution in [3.63, 3.8) is 0 Å². The van der Waals surface area contributed by atoms with E-state index in [9.17, 15) is 8.99 Å². The first kappa shape index (κ1) is 20.5. The molecule has 28 heavy (non-hydrogen) atoms. The second kappa shape index (κ2) is 9.30. The average molecular weight is 403 g/mol. The third-order valence-corrected chi connectivity index (χ3v) is 5.81. The molecule has 0 amide bonds. The zero-order chi connectivity index (χ0) is 20.1. The highest BCUT2D eigenvalue weighted by Gasteiger charge is 2.18. The highest BCUT2D eigenvalue weighted by Crippen LogP contribution is 2.28. The summed E-state index contributed by atoms with van der Waals surface area (Å²) in [6, 6.07) is 7.09. The SMILES string of the molecule is C=C(/C=C(/NCC1CCN(C)CC1)n1ncc(SF)c1C)c1ccccc1O. The molecule has 0 saturated carbocycles. The van der Waals surface area contributed by atoms with Gasteiger partial charge in [-0.2, -0.15) is 8.98 Å². The van der Waals surface area contributed by atoms with E-state index < -0.39 is 0 Å². The lowest BCUT2D eigenvalue weighted by Crippen LogP contribution is -2.35. The van der Waals surface area contributed by atoms with Crippen LogP contribution in [0, 0.1) is 12.8 Å². The number of allylic oxidation sites excluding steroid dienone is 2. The van der Waals surface area contributed by atoms with Crippen molar-refractivity contribution in [2.24, 2.45) is 5.92 Å². The third kappa shape index (κ3) is 4.77. The lowest BCUT2D eigenvalue weighted by Gasteiger charge is -2.29. The van der Waals surface area contributed by atoms with Crippen molar-refractivity contribution in [2.45, 2.75) is 24.7 Å². The van der Waals surface area contributed by atoms with Gasteiger partial charge < -0.3 is 15.3 Å². The number of para-hydroxylation sites is 1. The van der Waals surface area contributed by atoms with Gasteiger partial charge in [0.25, 0.3) is 0 Å². The lowest BCUT2D eigenvalue weighted by molar-refractivity contribution is 0.219. The molecule has 150 valence electrons. The minimum atomic E-state index is 0.176. The zero-order valence-corrected chi connectivity index (χ0v) is 17.2. The van der Waals surface area contributed by atoms with Gasteiger partial charge in [0.05, 0.1) is 28.9 Å². The number of benzene rings is 1. The van der Waals surface area contributed by atoms with E-state index in [1.165, 1.54) is 6.20 Å². The fourth-order valence-electron chi connectivity index (χ4n) is 3.40. The first-order valence-corrected chi connectivity index (χ1v) is 10.2. The first-order chi connectivity index (χ1) is 13.5. The second-order valence-corrected chi connectivity index (χ2v) is 7.88. The van der Waals surface area contributed by atoms with Crippen molar-refractivity contribution in [2.75, 3.05) is 26.7 Å². The molecular weight excluding hydrogens is 375 g/mol. The number of piperidine rings is 1. The number of aromatic hydroxyl groups is 1. The van der Waals surface area contributed by atoms with E-state index in [-0.39, 0.29) is 17.9 Å². The van der Waals surface area contributed by atoms with Crippen LogP contribution in [0.5, 0.6) is 5.75 Å². The van der Waals surface area contributed by atoms with Gasteiger partial charge >= 0.3 is 0 Å². The van der Waals surface area contributed by atoms with Crippen molar-refractivity contribution < 1.29 is 8.99 Å². The highest BCUT2D eigenvalue weighted by molar-refractivity contribution is 7.94. The summed E-state index contributed by atoms with van der Waals surface area (Å²) in [7, 11) is 2.15. The Hall–Kier alpha value is -2.25. The number of halogens is 1. The van der Waals surface area contributed by atoms with E-state index >= 15 is 0 Å². The number of hydrogen-bond donors (Lipinski definition) is 2. The number of hydrogen-bond acceptors (Lipinski definition) is 5. The number of phenolic OH excluding ortho intramolecular Hbond substituents is 1. The van der Waals surface area contributed by atoms with Gasteiger partial charge in [0.2, 0.25) is 0 Å². The topological polar surface area (TPSA) is 53.3 Å². The first-order valence-electron chi connectivity index (χ1n) is 9.44. The summed E-state index contributed by atoms with van der Waals surface area (Å²) in [4.78, 5) is 2.83. The van der Waals surface area contributed by atoms with Crippen LogP contribution >= 0.6 is 12.1 Å². The summed E-state index contributed by atoms with van der Waals surface area (Å²) in [6.45, 7) is 8.95. The number of nitrogens with zero attached hydrogens (tertiary/aromatic N) is 3. The van der Waals surface area contributed by atoms with Crippen LogP contribution in [-0.2, 0) is 0 Å². The predicted octanol–water partition coefficient (Wildman–Crippen LogP) is 4.32. The molecule has 1 aliphatic rings. The van der Waals surface area contributed by atoms with Crippen LogP contribution in [-0.4, -0.2) is 46.5 Å². The number of phenols is 1. The quantitative estimate of drug-likeness (QED) is 0.676. The minimum Gasteiger partial charge on any atom is -0.507 e. The summed E-state index contributed by atoms with van der Waals surface area (Å²) in [5.41, 5.74) is 2.04. The molecule has 0 bridgehead atoms. The Labute approximate surface area is 170 Å². The maximum atomic E-state index is 13.1. The average Bonchev–Trinajstić information content (AvgIpc) is 3.07. The van der Waals surface area contributed by atoms with Crippen molar-refractivity contribution in [1.29, 1.82) is 0 Å². The molecule has 2 N–H and O–H groups in total. The van der Waals surface area contributed by atoms with Crippen molar-refractivity contribution in [3.05, 3.63) is 54.4 Å². The van der Waals surface area contributed by atoms with Crippen LogP contribution in [0.15, 0.2) is 48.0 Å². The molecule has 0 spiro atoms. The molecule has 7 heteroatoms. The van der Waals surface area contributed by atoms with Gasteiger partial charge in [-0.15, -0.1) is 0 Å². The number of aromatic nitrogens is 2. The Morgan fingerprint density at radius 1 is 1.39 bits per heavy atom. The smallest absolute Gasteiger partial charge is 0.128 e. The van der Waals surface area contributed by atoms with Gasteiger partial charge in [-0.25, -0.2) is 4.68 Å². The van der Waals surface area contributed by atoms with E-state index in [0.717, 1.165) is 44.0 Å². The molecule has 2 aromatic rings.